The first-order valence-electron chi connectivity index (χ1n) is 4.11. The third-order valence-electron chi connectivity index (χ3n) is 1.99. The third-order valence-corrected chi connectivity index (χ3v) is 2.58. The molecular weight excluding hydrogens is 248 g/mol. The van der Waals surface area contributed by atoms with Gasteiger partial charge in [0.25, 0.3) is 0 Å². The van der Waals surface area contributed by atoms with Crippen molar-refractivity contribution in [2.75, 3.05) is 7.11 Å². The number of ether oxygens (including phenoxy) is 1. The monoisotopic (exact) mass is 256 g/mol. The third kappa shape index (κ3) is 1.51. The van der Waals surface area contributed by atoms with Gasteiger partial charge in [0.1, 0.15) is 23.7 Å². The fourth-order valence-electron chi connectivity index (χ4n) is 1.33. The Kier molecular flexibility index (Phi) is 2.48. The Morgan fingerprint density at radius 3 is 2.86 bits per heavy atom. The van der Waals surface area contributed by atoms with Crippen molar-refractivity contribution >= 4 is 26.9 Å². The lowest BCUT2D eigenvalue weighted by molar-refractivity contribution is 0.251. The topological polar surface area (TPSA) is 42.6 Å². The van der Waals surface area contributed by atoms with Crippen molar-refractivity contribution in [3.63, 3.8) is 0 Å². The van der Waals surface area contributed by atoms with Gasteiger partial charge >= 0.3 is 0 Å². The lowest BCUT2D eigenvalue weighted by atomic mass is 10.2. The molecule has 0 radical (unpaired) electrons. The highest BCUT2D eigenvalue weighted by atomic mass is 79.9. The van der Waals surface area contributed by atoms with Crippen molar-refractivity contribution in [3.05, 3.63) is 28.4 Å². The molecule has 0 atom stereocenters. The highest BCUT2D eigenvalue weighted by Crippen LogP contribution is 2.31. The Morgan fingerprint density at radius 1 is 1.43 bits per heavy atom. The van der Waals surface area contributed by atoms with Crippen molar-refractivity contribution in [3.8, 4) is 5.75 Å². The normalized spacial score (nSPS) is 10.8. The number of aliphatic hydroxyl groups is 1. The van der Waals surface area contributed by atoms with Crippen LogP contribution in [0, 0.1) is 0 Å². The first-order chi connectivity index (χ1) is 6.74. The van der Waals surface area contributed by atoms with E-state index in [1.165, 1.54) is 0 Å². The molecule has 14 heavy (non-hydrogen) atoms. The molecule has 0 aliphatic heterocycles. The fraction of sp³-hybridized carbons (Fsp3) is 0.200. The van der Waals surface area contributed by atoms with E-state index in [4.69, 9.17) is 14.3 Å². The van der Waals surface area contributed by atoms with Crippen molar-refractivity contribution < 1.29 is 14.3 Å². The zero-order chi connectivity index (χ0) is 10.1. The summed E-state index contributed by atoms with van der Waals surface area (Å²) < 4.78 is 11.3. The smallest absolute Gasteiger partial charge is 0.148 e. The molecule has 74 valence electrons. The summed E-state index contributed by atoms with van der Waals surface area (Å²) in [5.74, 6) is 1.31. The molecule has 4 heteroatoms. The second-order valence-electron chi connectivity index (χ2n) is 2.90. The van der Waals surface area contributed by atoms with Gasteiger partial charge in [0.2, 0.25) is 0 Å². The van der Waals surface area contributed by atoms with E-state index in [2.05, 4.69) is 15.9 Å². The van der Waals surface area contributed by atoms with E-state index >= 15 is 0 Å². The number of benzene rings is 1. The zero-order valence-electron chi connectivity index (χ0n) is 7.58. The predicted molar refractivity (Wildman–Crippen MR) is 56.4 cm³/mol. The van der Waals surface area contributed by atoms with Crippen LogP contribution in [0.4, 0.5) is 0 Å². The quantitative estimate of drug-likeness (QED) is 0.899. The molecule has 1 heterocycles. The van der Waals surface area contributed by atoms with E-state index in [-0.39, 0.29) is 6.61 Å². The van der Waals surface area contributed by atoms with Gasteiger partial charge in [0.15, 0.2) is 0 Å². The molecule has 0 spiro atoms. The average molecular weight is 257 g/mol. The molecule has 0 aliphatic carbocycles. The molecule has 2 aromatic rings. The van der Waals surface area contributed by atoms with Crippen molar-refractivity contribution in [1.82, 2.24) is 0 Å². The zero-order valence-corrected chi connectivity index (χ0v) is 9.17. The van der Waals surface area contributed by atoms with Crippen LogP contribution in [0.3, 0.4) is 0 Å². The first-order valence-corrected chi connectivity index (χ1v) is 4.90. The van der Waals surface area contributed by atoms with Crippen LogP contribution in [-0.4, -0.2) is 12.2 Å². The Hall–Kier alpha value is -1.00. The van der Waals surface area contributed by atoms with Crippen LogP contribution in [0.15, 0.2) is 27.1 Å². The van der Waals surface area contributed by atoms with Crippen LogP contribution in [0.5, 0.6) is 5.75 Å². The summed E-state index contributed by atoms with van der Waals surface area (Å²) in [6.45, 7) is -0.0938. The van der Waals surface area contributed by atoms with Gasteiger partial charge in [-0.05, 0) is 34.1 Å². The molecular formula is C10H9BrO3. The van der Waals surface area contributed by atoms with Gasteiger partial charge < -0.3 is 14.3 Å². The van der Waals surface area contributed by atoms with Gasteiger partial charge in [-0.15, -0.1) is 0 Å². The number of rotatable bonds is 2. The second-order valence-corrected chi connectivity index (χ2v) is 3.75. The number of halogens is 1. The molecule has 0 fully saturated rings. The van der Waals surface area contributed by atoms with Crippen molar-refractivity contribution in [2.24, 2.45) is 0 Å². The van der Waals surface area contributed by atoms with Gasteiger partial charge in [-0.25, -0.2) is 0 Å². The Balaban J connectivity index is 2.67. The number of methoxy groups -OCH3 is 1. The minimum absolute atomic E-state index is 0.0938. The molecule has 1 aromatic heterocycles. The maximum atomic E-state index is 8.92. The largest absolute Gasteiger partial charge is 0.497 e. The summed E-state index contributed by atoms with van der Waals surface area (Å²) in [4.78, 5) is 0. The van der Waals surface area contributed by atoms with E-state index in [1.807, 2.05) is 12.1 Å². The number of hydrogen-bond donors (Lipinski definition) is 1. The summed E-state index contributed by atoms with van der Waals surface area (Å²) in [5.41, 5.74) is 0.731. The minimum Gasteiger partial charge on any atom is -0.497 e. The van der Waals surface area contributed by atoms with Gasteiger partial charge in [-0.1, -0.05) is 0 Å². The second kappa shape index (κ2) is 3.63. The number of aliphatic hydroxyl groups excluding tert-OH is 1. The average Bonchev–Trinajstić information content (AvgIpc) is 2.61. The van der Waals surface area contributed by atoms with E-state index < -0.39 is 0 Å². The van der Waals surface area contributed by atoms with E-state index in [0.29, 0.717) is 5.76 Å². The Bertz CT molecular complexity index is 462. The maximum Gasteiger partial charge on any atom is 0.148 e. The molecule has 1 aromatic carbocycles. The molecule has 0 saturated carbocycles. The summed E-state index contributed by atoms with van der Waals surface area (Å²) in [6.07, 6.45) is 0. The lowest BCUT2D eigenvalue weighted by Gasteiger charge is -1.99. The van der Waals surface area contributed by atoms with Crippen LogP contribution in [0.1, 0.15) is 5.76 Å². The van der Waals surface area contributed by atoms with E-state index in [9.17, 15) is 0 Å². The molecule has 0 aliphatic rings. The van der Waals surface area contributed by atoms with Crippen LogP contribution in [0.2, 0.25) is 0 Å². The minimum atomic E-state index is -0.0938. The van der Waals surface area contributed by atoms with Crippen LogP contribution < -0.4 is 4.74 Å². The summed E-state index contributed by atoms with van der Waals surface area (Å²) in [5, 5.41) is 9.83. The Labute approximate surface area is 89.4 Å². The fourth-order valence-corrected chi connectivity index (χ4v) is 1.87. The molecule has 2 rings (SSSR count). The predicted octanol–water partition coefficient (Wildman–Crippen LogP) is 2.70. The van der Waals surface area contributed by atoms with Gasteiger partial charge in [-0.3, -0.25) is 0 Å². The summed E-state index contributed by atoms with van der Waals surface area (Å²) >= 11 is 3.38. The number of fused-ring (bicyclic) bond motifs is 1. The standard InChI is InChI=1S/C10H9BrO3/c1-13-7-2-6-3-8(5-12)14-10(6)9(11)4-7/h2-4,12H,5H2,1H3. The van der Waals surface area contributed by atoms with Gasteiger partial charge in [0.05, 0.1) is 11.6 Å². The summed E-state index contributed by atoms with van der Waals surface area (Å²) in [7, 11) is 1.61. The van der Waals surface area contributed by atoms with E-state index in [0.717, 1.165) is 21.2 Å². The van der Waals surface area contributed by atoms with Gasteiger partial charge in [-0.2, -0.15) is 0 Å². The maximum absolute atomic E-state index is 8.92. The van der Waals surface area contributed by atoms with Crippen LogP contribution in [-0.2, 0) is 6.61 Å². The van der Waals surface area contributed by atoms with E-state index in [1.54, 1.807) is 13.2 Å². The molecule has 1 N–H and O–H groups in total. The first kappa shape index (κ1) is 9.55. The lowest BCUT2D eigenvalue weighted by Crippen LogP contribution is -1.81. The van der Waals surface area contributed by atoms with Crippen LogP contribution in [0.25, 0.3) is 11.0 Å². The van der Waals surface area contributed by atoms with Gasteiger partial charge in [0, 0.05) is 5.39 Å². The number of hydrogen-bond acceptors (Lipinski definition) is 3. The molecule has 0 saturated heterocycles. The van der Waals surface area contributed by atoms with Crippen LogP contribution >= 0.6 is 15.9 Å². The Morgan fingerprint density at radius 2 is 2.21 bits per heavy atom. The van der Waals surface area contributed by atoms with Crippen molar-refractivity contribution in [1.29, 1.82) is 0 Å². The molecule has 0 unspecified atom stereocenters. The SMILES string of the molecule is COc1cc(Br)c2oc(CO)cc2c1. The molecule has 3 nitrogen and oxygen atoms in total. The highest BCUT2D eigenvalue weighted by Gasteiger charge is 2.08. The summed E-state index contributed by atoms with van der Waals surface area (Å²) in [6, 6.07) is 5.48. The molecule has 0 bridgehead atoms. The molecule has 0 amide bonds. The number of furan rings is 1. The van der Waals surface area contributed by atoms with Crippen molar-refractivity contribution in [2.45, 2.75) is 6.61 Å². The highest BCUT2D eigenvalue weighted by molar-refractivity contribution is 9.10.